The summed E-state index contributed by atoms with van der Waals surface area (Å²) in [5.74, 6) is 1.97. The van der Waals surface area contributed by atoms with Gasteiger partial charge in [-0.2, -0.15) is 5.26 Å². The minimum Gasteiger partial charge on any atom is -0.379 e. The second kappa shape index (κ2) is 6.98. The van der Waals surface area contributed by atoms with E-state index in [0.717, 1.165) is 25.3 Å². The predicted octanol–water partition coefficient (Wildman–Crippen LogP) is 1.50. The van der Waals surface area contributed by atoms with Crippen molar-refractivity contribution < 1.29 is 4.74 Å². The van der Waals surface area contributed by atoms with Crippen molar-refractivity contribution in [2.75, 3.05) is 30.5 Å². The standard InChI is InChI=1S/C15H17N7O/c1-22(12-3-2-4-23-9-12)15-5-13(19-10-20-15)21-14-8-17-11(6-16)7-18-14/h5,7-8,10,12H,2-4,9H2,1H3,(H,18,19,20,21)/t12-/m0/s1. The van der Waals surface area contributed by atoms with Crippen LogP contribution in [0.25, 0.3) is 0 Å². The lowest BCUT2D eigenvalue weighted by Gasteiger charge is -2.31. The van der Waals surface area contributed by atoms with Gasteiger partial charge in [0.1, 0.15) is 29.9 Å². The molecule has 2 aromatic rings. The maximum absolute atomic E-state index is 8.73. The summed E-state index contributed by atoms with van der Waals surface area (Å²) in [7, 11) is 2.01. The fraction of sp³-hybridized carbons (Fsp3) is 0.400. The van der Waals surface area contributed by atoms with E-state index >= 15 is 0 Å². The number of rotatable bonds is 4. The van der Waals surface area contributed by atoms with Crippen LogP contribution < -0.4 is 10.2 Å². The smallest absolute Gasteiger partial charge is 0.158 e. The van der Waals surface area contributed by atoms with Crippen LogP contribution in [-0.4, -0.2) is 46.2 Å². The molecule has 0 aliphatic carbocycles. The average molecular weight is 311 g/mol. The molecule has 23 heavy (non-hydrogen) atoms. The summed E-state index contributed by atoms with van der Waals surface area (Å²) in [6, 6.07) is 4.11. The second-order valence-electron chi connectivity index (χ2n) is 5.27. The third kappa shape index (κ3) is 3.70. The minimum absolute atomic E-state index is 0.274. The molecule has 1 aliphatic heterocycles. The lowest BCUT2D eigenvalue weighted by molar-refractivity contribution is 0.0805. The Hall–Kier alpha value is -2.79. The molecule has 1 N–H and O–H groups in total. The van der Waals surface area contributed by atoms with Gasteiger partial charge in [-0.15, -0.1) is 0 Å². The van der Waals surface area contributed by atoms with Crippen molar-refractivity contribution in [2.45, 2.75) is 18.9 Å². The molecule has 2 aromatic heterocycles. The van der Waals surface area contributed by atoms with Gasteiger partial charge in [-0.1, -0.05) is 0 Å². The van der Waals surface area contributed by atoms with Crippen LogP contribution in [-0.2, 0) is 4.74 Å². The first kappa shape index (κ1) is 15.1. The summed E-state index contributed by atoms with van der Waals surface area (Å²) >= 11 is 0. The number of hydrogen-bond acceptors (Lipinski definition) is 8. The Bertz CT molecular complexity index is 692. The lowest BCUT2D eigenvalue weighted by Crippen LogP contribution is -2.39. The van der Waals surface area contributed by atoms with Gasteiger partial charge in [-0.3, -0.25) is 0 Å². The molecule has 0 unspecified atom stereocenters. The van der Waals surface area contributed by atoms with Crippen LogP contribution in [0.1, 0.15) is 18.5 Å². The molecule has 0 bridgehead atoms. The molecule has 3 rings (SSSR count). The third-order valence-electron chi connectivity index (χ3n) is 3.72. The monoisotopic (exact) mass is 311 g/mol. The number of ether oxygens (including phenoxy) is 1. The summed E-state index contributed by atoms with van der Waals surface area (Å²) in [6.07, 6.45) is 6.57. The Balaban J connectivity index is 1.72. The van der Waals surface area contributed by atoms with Crippen LogP contribution >= 0.6 is 0 Å². The molecular formula is C15H17N7O. The van der Waals surface area contributed by atoms with Crippen LogP contribution in [0.2, 0.25) is 0 Å². The van der Waals surface area contributed by atoms with Crippen molar-refractivity contribution in [3.05, 3.63) is 30.5 Å². The van der Waals surface area contributed by atoms with Crippen molar-refractivity contribution in [1.29, 1.82) is 5.26 Å². The van der Waals surface area contributed by atoms with E-state index < -0.39 is 0 Å². The maximum atomic E-state index is 8.73. The summed E-state index contributed by atoms with van der Waals surface area (Å²) in [5.41, 5.74) is 0.274. The third-order valence-corrected chi connectivity index (χ3v) is 3.72. The van der Waals surface area contributed by atoms with Gasteiger partial charge in [0, 0.05) is 19.7 Å². The van der Waals surface area contributed by atoms with Gasteiger partial charge >= 0.3 is 0 Å². The van der Waals surface area contributed by atoms with Gasteiger partial charge in [-0.25, -0.2) is 19.9 Å². The van der Waals surface area contributed by atoms with Crippen LogP contribution in [0.3, 0.4) is 0 Å². The zero-order valence-electron chi connectivity index (χ0n) is 12.8. The van der Waals surface area contributed by atoms with Crippen molar-refractivity contribution >= 4 is 17.5 Å². The number of nitriles is 1. The topological polar surface area (TPSA) is 99.9 Å². The highest BCUT2D eigenvalue weighted by Crippen LogP contribution is 2.21. The van der Waals surface area contributed by atoms with Crippen LogP contribution in [0.5, 0.6) is 0 Å². The molecule has 0 aromatic carbocycles. The van der Waals surface area contributed by atoms with Crippen molar-refractivity contribution in [3.8, 4) is 6.07 Å². The van der Waals surface area contributed by atoms with Crippen molar-refractivity contribution in [2.24, 2.45) is 0 Å². The molecule has 1 atom stereocenters. The van der Waals surface area contributed by atoms with Gasteiger partial charge in [0.15, 0.2) is 5.69 Å². The Morgan fingerprint density at radius 2 is 2.17 bits per heavy atom. The average Bonchev–Trinajstić information content (AvgIpc) is 2.63. The number of likely N-dealkylation sites (N-methyl/N-ethyl adjacent to an activating group) is 1. The molecule has 118 valence electrons. The second-order valence-corrected chi connectivity index (χ2v) is 5.27. The summed E-state index contributed by atoms with van der Waals surface area (Å²) in [4.78, 5) is 18.7. The molecule has 0 spiro atoms. The Morgan fingerprint density at radius 1 is 1.26 bits per heavy atom. The first-order chi connectivity index (χ1) is 11.3. The van der Waals surface area contributed by atoms with Crippen molar-refractivity contribution in [1.82, 2.24) is 19.9 Å². The molecule has 3 heterocycles. The summed E-state index contributed by atoms with van der Waals surface area (Å²) < 4.78 is 5.53. The van der Waals surface area contributed by atoms with E-state index in [9.17, 15) is 0 Å². The zero-order valence-corrected chi connectivity index (χ0v) is 12.8. The number of nitrogens with zero attached hydrogens (tertiary/aromatic N) is 6. The van der Waals surface area contributed by atoms with Gasteiger partial charge in [0.2, 0.25) is 0 Å². The zero-order chi connectivity index (χ0) is 16.1. The summed E-state index contributed by atoms with van der Waals surface area (Å²) in [5, 5.41) is 11.8. The molecule has 8 heteroatoms. The van der Waals surface area contributed by atoms with Gasteiger partial charge < -0.3 is 15.0 Å². The largest absolute Gasteiger partial charge is 0.379 e. The number of anilines is 3. The molecule has 8 nitrogen and oxygen atoms in total. The molecule has 0 radical (unpaired) electrons. The molecule has 0 amide bonds. The SMILES string of the molecule is CN(c1cc(Nc2cnc(C#N)cn2)ncn1)[C@H]1CCCOC1. The first-order valence-corrected chi connectivity index (χ1v) is 7.38. The van der Waals surface area contributed by atoms with Crippen LogP contribution in [0.4, 0.5) is 17.5 Å². The quantitative estimate of drug-likeness (QED) is 0.906. The molecular weight excluding hydrogens is 294 g/mol. The first-order valence-electron chi connectivity index (χ1n) is 7.38. The fourth-order valence-electron chi connectivity index (χ4n) is 2.41. The van der Waals surface area contributed by atoms with Gasteiger partial charge in [0.05, 0.1) is 25.0 Å². The normalized spacial score (nSPS) is 17.3. The minimum atomic E-state index is 0.274. The van der Waals surface area contributed by atoms with Gasteiger partial charge in [0.25, 0.3) is 0 Å². The highest BCUT2D eigenvalue weighted by molar-refractivity contribution is 5.55. The van der Waals surface area contributed by atoms with Crippen LogP contribution in [0.15, 0.2) is 24.8 Å². The molecule has 1 saturated heterocycles. The van der Waals surface area contributed by atoms with Crippen molar-refractivity contribution in [3.63, 3.8) is 0 Å². The predicted molar refractivity (Wildman–Crippen MR) is 84.3 cm³/mol. The Labute approximate surface area is 134 Å². The molecule has 1 fully saturated rings. The number of hydrogen-bond donors (Lipinski definition) is 1. The fourth-order valence-corrected chi connectivity index (χ4v) is 2.41. The van der Waals surface area contributed by atoms with E-state index in [-0.39, 0.29) is 5.69 Å². The van der Waals surface area contributed by atoms with E-state index in [2.05, 4.69) is 30.2 Å². The van der Waals surface area contributed by atoms with E-state index in [0.29, 0.717) is 24.3 Å². The summed E-state index contributed by atoms with van der Waals surface area (Å²) in [6.45, 7) is 1.54. The lowest BCUT2D eigenvalue weighted by atomic mass is 10.1. The number of aromatic nitrogens is 4. The maximum Gasteiger partial charge on any atom is 0.158 e. The molecule has 1 aliphatic rings. The molecule has 0 saturated carbocycles. The van der Waals surface area contributed by atoms with E-state index in [1.165, 1.54) is 18.7 Å². The Morgan fingerprint density at radius 3 is 2.87 bits per heavy atom. The van der Waals surface area contributed by atoms with E-state index in [1.54, 1.807) is 0 Å². The number of nitrogens with one attached hydrogen (secondary N) is 1. The Kier molecular flexibility index (Phi) is 4.59. The van der Waals surface area contributed by atoms with E-state index in [4.69, 9.17) is 10.00 Å². The highest BCUT2D eigenvalue weighted by Gasteiger charge is 2.20. The van der Waals surface area contributed by atoms with E-state index in [1.807, 2.05) is 19.2 Å². The highest BCUT2D eigenvalue weighted by atomic mass is 16.5. The van der Waals surface area contributed by atoms with Crippen LogP contribution in [0, 0.1) is 11.3 Å². The van der Waals surface area contributed by atoms with Gasteiger partial charge in [-0.05, 0) is 12.8 Å².